The summed E-state index contributed by atoms with van der Waals surface area (Å²) in [6, 6.07) is 3.08. The van der Waals surface area contributed by atoms with E-state index in [1.807, 2.05) is 20.8 Å². The second-order valence-electron chi connectivity index (χ2n) is 5.08. The molecule has 1 aliphatic heterocycles. The SMILES string of the molecule is Cc1cc(F)cc(C)c1C(Cl)C1(C)CCCO1. The van der Waals surface area contributed by atoms with Crippen LogP contribution in [0.4, 0.5) is 4.39 Å². The van der Waals surface area contributed by atoms with Gasteiger partial charge in [0.2, 0.25) is 0 Å². The molecule has 0 amide bonds. The minimum Gasteiger partial charge on any atom is -0.373 e. The molecule has 0 spiro atoms. The third-order valence-electron chi connectivity index (χ3n) is 3.60. The number of alkyl halides is 1. The van der Waals surface area contributed by atoms with Crippen molar-refractivity contribution in [2.45, 2.75) is 44.6 Å². The number of halogens is 2. The van der Waals surface area contributed by atoms with Gasteiger partial charge in [-0.15, -0.1) is 11.6 Å². The zero-order valence-electron chi connectivity index (χ0n) is 10.5. The lowest BCUT2D eigenvalue weighted by Gasteiger charge is -2.31. The van der Waals surface area contributed by atoms with E-state index in [-0.39, 0.29) is 16.8 Å². The molecule has 0 aromatic heterocycles. The fourth-order valence-corrected chi connectivity index (χ4v) is 3.14. The van der Waals surface area contributed by atoms with Crippen molar-refractivity contribution in [2.75, 3.05) is 6.61 Å². The first-order valence-electron chi connectivity index (χ1n) is 5.99. The number of hydrogen-bond donors (Lipinski definition) is 0. The Labute approximate surface area is 107 Å². The summed E-state index contributed by atoms with van der Waals surface area (Å²) in [6.07, 6.45) is 2.00. The zero-order chi connectivity index (χ0) is 12.6. The molecule has 1 heterocycles. The van der Waals surface area contributed by atoms with Crippen LogP contribution in [0.2, 0.25) is 0 Å². The van der Waals surface area contributed by atoms with E-state index in [9.17, 15) is 4.39 Å². The van der Waals surface area contributed by atoms with Gasteiger partial charge in [-0.2, -0.15) is 0 Å². The lowest BCUT2D eigenvalue weighted by molar-refractivity contribution is 0.0161. The van der Waals surface area contributed by atoms with E-state index < -0.39 is 0 Å². The first-order valence-corrected chi connectivity index (χ1v) is 6.42. The number of ether oxygens (including phenoxy) is 1. The maximum Gasteiger partial charge on any atom is 0.123 e. The third kappa shape index (κ3) is 2.34. The lowest BCUT2D eigenvalue weighted by atomic mass is 9.88. The molecule has 1 nitrogen and oxygen atoms in total. The molecular weight excluding hydrogens is 239 g/mol. The van der Waals surface area contributed by atoms with E-state index in [1.54, 1.807) is 0 Å². The van der Waals surface area contributed by atoms with Crippen molar-refractivity contribution >= 4 is 11.6 Å². The van der Waals surface area contributed by atoms with Crippen molar-refractivity contribution in [1.82, 2.24) is 0 Å². The summed E-state index contributed by atoms with van der Waals surface area (Å²) in [7, 11) is 0. The van der Waals surface area contributed by atoms with Gasteiger partial charge in [0.1, 0.15) is 5.82 Å². The number of hydrogen-bond acceptors (Lipinski definition) is 1. The van der Waals surface area contributed by atoms with Crippen molar-refractivity contribution < 1.29 is 9.13 Å². The Bertz CT molecular complexity index is 401. The van der Waals surface area contributed by atoms with E-state index >= 15 is 0 Å². The molecule has 94 valence electrons. The van der Waals surface area contributed by atoms with Crippen LogP contribution in [-0.4, -0.2) is 12.2 Å². The van der Waals surface area contributed by atoms with Gasteiger partial charge in [-0.1, -0.05) is 0 Å². The average Bonchev–Trinajstić information content (AvgIpc) is 2.64. The van der Waals surface area contributed by atoms with Crippen molar-refractivity contribution in [1.29, 1.82) is 0 Å². The van der Waals surface area contributed by atoms with Gasteiger partial charge in [0.25, 0.3) is 0 Å². The summed E-state index contributed by atoms with van der Waals surface area (Å²) in [5.74, 6) is -0.204. The molecule has 17 heavy (non-hydrogen) atoms. The Balaban J connectivity index is 2.40. The number of rotatable bonds is 2. The molecule has 0 radical (unpaired) electrons. The molecule has 2 rings (SSSR count). The topological polar surface area (TPSA) is 9.23 Å². The standard InChI is InChI=1S/C14H18ClFO/c1-9-7-11(16)8-10(2)12(9)13(15)14(3)5-4-6-17-14/h7-8,13H,4-6H2,1-3H3. The summed E-state index contributed by atoms with van der Waals surface area (Å²) >= 11 is 6.57. The predicted molar refractivity (Wildman–Crippen MR) is 68.1 cm³/mol. The van der Waals surface area contributed by atoms with Crippen LogP contribution in [0.25, 0.3) is 0 Å². The van der Waals surface area contributed by atoms with Crippen LogP contribution in [0.1, 0.15) is 41.8 Å². The zero-order valence-corrected chi connectivity index (χ0v) is 11.3. The highest BCUT2D eigenvalue weighted by atomic mass is 35.5. The first-order chi connectivity index (χ1) is 7.94. The highest BCUT2D eigenvalue weighted by Crippen LogP contribution is 2.43. The van der Waals surface area contributed by atoms with Gasteiger partial charge < -0.3 is 4.74 Å². The van der Waals surface area contributed by atoms with Crippen molar-refractivity contribution in [3.05, 3.63) is 34.6 Å². The molecule has 1 fully saturated rings. The first kappa shape index (κ1) is 12.8. The smallest absolute Gasteiger partial charge is 0.123 e. The summed E-state index contributed by atoms with van der Waals surface area (Å²) in [6.45, 7) is 6.61. The summed E-state index contributed by atoms with van der Waals surface area (Å²) in [4.78, 5) is 0. The molecule has 2 atom stereocenters. The quantitative estimate of drug-likeness (QED) is 0.717. The Kier molecular flexibility index (Phi) is 3.46. The highest BCUT2D eigenvalue weighted by Gasteiger charge is 2.39. The molecule has 0 saturated carbocycles. The van der Waals surface area contributed by atoms with Crippen LogP contribution in [0.5, 0.6) is 0 Å². The van der Waals surface area contributed by atoms with E-state index in [0.29, 0.717) is 0 Å². The largest absolute Gasteiger partial charge is 0.373 e. The van der Waals surface area contributed by atoms with Gasteiger partial charge in [0.05, 0.1) is 11.0 Å². The van der Waals surface area contributed by atoms with Crippen LogP contribution in [-0.2, 0) is 4.74 Å². The van der Waals surface area contributed by atoms with E-state index in [1.165, 1.54) is 12.1 Å². The Morgan fingerprint density at radius 3 is 2.41 bits per heavy atom. The molecule has 1 aromatic carbocycles. The normalized spacial score (nSPS) is 26.2. The second-order valence-corrected chi connectivity index (χ2v) is 5.52. The minimum atomic E-state index is -0.324. The summed E-state index contributed by atoms with van der Waals surface area (Å²) < 4.78 is 19.0. The Morgan fingerprint density at radius 1 is 1.35 bits per heavy atom. The average molecular weight is 257 g/mol. The van der Waals surface area contributed by atoms with Crippen LogP contribution in [0, 0.1) is 19.7 Å². The van der Waals surface area contributed by atoms with Gasteiger partial charge in [-0.3, -0.25) is 0 Å². The fraction of sp³-hybridized carbons (Fsp3) is 0.571. The third-order valence-corrected chi connectivity index (χ3v) is 4.28. The minimum absolute atomic E-state index is 0.204. The van der Waals surface area contributed by atoms with E-state index in [0.717, 1.165) is 36.1 Å². The fourth-order valence-electron chi connectivity index (χ4n) is 2.63. The molecule has 1 aromatic rings. The summed E-state index contributed by atoms with van der Waals surface area (Å²) in [5, 5.41) is -0.217. The van der Waals surface area contributed by atoms with E-state index in [4.69, 9.17) is 16.3 Å². The van der Waals surface area contributed by atoms with Crippen LogP contribution < -0.4 is 0 Å². The Morgan fingerprint density at radius 2 is 1.94 bits per heavy atom. The highest BCUT2D eigenvalue weighted by molar-refractivity contribution is 6.21. The lowest BCUT2D eigenvalue weighted by Crippen LogP contribution is -2.29. The maximum atomic E-state index is 13.3. The second kappa shape index (κ2) is 4.58. The molecular formula is C14H18ClFO. The molecule has 2 unspecified atom stereocenters. The van der Waals surface area contributed by atoms with Gasteiger partial charge in [-0.05, 0) is 62.4 Å². The molecule has 3 heteroatoms. The van der Waals surface area contributed by atoms with Gasteiger partial charge >= 0.3 is 0 Å². The van der Waals surface area contributed by atoms with Crippen LogP contribution >= 0.6 is 11.6 Å². The monoisotopic (exact) mass is 256 g/mol. The Hall–Kier alpha value is -0.600. The van der Waals surface area contributed by atoms with Crippen LogP contribution in [0.15, 0.2) is 12.1 Å². The van der Waals surface area contributed by atoms with Gasteiger partial charge in [0, 0.05) is 6.61 Å². The van der Waals surface area contributed by atoms with Gasteiger partial charge in [-0.25, -0.2) is 4.39 Å². The molecule has 0 aliphatic carbocycles. The van der Waals surface area contributed by atoms with Crippen molar-refractivity contribution in [2.24, 2.45) is 0 Å². The molecule has 1 aliphatic rings. The molecule has 1 saturated heterocycles. The number of aryl methyl sites for hydroxylation is 2. The van der Waals surface area contributed by atoms with Crippen LogP contribution in [0.3, 0.4) is 0 Å². The molecule has 0 N–H and O–H groups in total. The molecule has 0 bridgehead atoms. The van der Waals surface area contributed by atoms with E-state index in [2.05, 4.69) is 0 Å². The van der Waals surface area contributed by atoms with Crippen molar-refractivity contribution in [3.8, 4) is 0 Å². The number of benzene rings is 1. The van der Waals surface area contributed by atoms with Gasteiger partial charge in [0.15, 0.2) is 0 Å². The maximum absolute atomic E-state index is 13.3. The predicted octanol–water partition coefficient (Wildman–Crippen LogP) is 4.29. The summed E-state index contributed by atoms with van der Waals surface area (Å²) in [5.41, 5.74) is 2.49. The van der Waals surface area contributed by atoms with Crippen molar-refractivity contribution in [3.63, 3.8) is 0 Å².